The molecule has 0 saturated heterocycles. The number of unbranched alkanes of at least 4 members (excludes halogenated alkanes) is 1. The molecule has 0 saturated carbocycles. The highest BCUT2D eigenvalue weighted by molar-refractivity contribution is 5.86. The van der Waals surface area contributed by atoms with Gasteiger partial charge in [-0.1, -0.05) is 49.7 Å². The van der Waals surface area contributed by atoms with Crippen molar-refractivity contribution < 1.29 is 18.7 Å². The van der Waals surface area contributed by atoms with E-state index in [0.29, 0.717) is 12.3 Å². The van der Waals surface area contributed by atoms with Gasteiger partial charge in [-0.3, -0.25) is 9.59 Å². The Morgan fingerprint density at radius 3 is 2.57 bits per heavy atom. The lowest BCUT2D eigenvalue weighted by atomic mass is 10.1. The molecule has 0 fully saturated rings. The number of amides is 2. The van der Waals surface area contributed by atoms with Crippen molar-refractivity contribution in [2.45, 2.75) is 32.7 Å². The summed E-state index contributed by atoms with van der Waals surface area (Å²) in [6, 6.07) is 17.0. The Kier molecular flexibility index (Phi) is 7.49. The van der Waals surface area contributed by atoms with Gasteiger partial charge in [-0.05, 0) is 24.6 Å². The standard InChI is InChI=1S/C24H28N2O4/c1-3-4-13-22-20(19-12-8-9-14-21(19)30-22)16-26(2)24(28)15-25-23(27)17-29-18-10-6-5-7-11-18/h5-12,14H,3-4,13,15-17H2,1-2H3,(H,25,27). The van der Waals surface area contributed by atoms with Gasteiger partial charge in [0.25, 0.3) is 5.91 Å². The Hall–Kier alpha value is -3.28. The summed E-state index contributed by atoms with van der Waals surface area (Å²) in [7, 11) is 1.74. The number of furan rings is 1. The van der Waals surface area contributed by atoms with Crippen molar-refractivity contribution in [3.8, 4) is 5.75 Å². The van der Waals surface area contributed by atoms with E-state index in [1.165, 1.54) is 0 Å². The number of nitrogens with zero attached hydrogens (tertiary/aromatic N) is 1. The third-order valence-corrected chi connectivity index (χ3v) is 4.91. The lowest BCUT2D eigenvalue weighted by molar-refractivity contribution is -0.132. The molecule has 3 rings (SSSR count). The fourth-order valence-corrected chi connectivity index (χ4v) is 3.21. The number of hydrogen-bond donors (Lipinski definition) is 1. The van der Waals surface area contributed by atoms with Gasteiger partial charge >= 0.3 is 0 Å². The molecule has 0 bridgehead atoms. The second-order valence-corrected chi connectivity index (χ2v) is 7.23. The molecule has 0 unspecified atom stereocenters. The van der Waals surface area contributed by atoms with Crippen LogP contribution in [0.1, 0.15) is 31.1 Å². The summed E-state index contributed by atoms with van der Waals surface area (Å²) in [6.07, 6.45) is 2.94. The predicted molar refractivity (Wildman–Crippen MR) is 116 cm³/mol. The topological polar surface area (TPSA) is 71.8 Å². The van der Waals surface area contributed by atoms with Gasteiger partial charge in [0.05, 0.1) is 6.54 Å². The summed E-state index contributed by atoms with van der Waals surface area (Å²) in [5.74, 6) is 1.04. The summed E-state index contributed by atoms with van der Waals surface area (Å²) < 4.78 is 11.4. The van der Waals surface area contributed by atoms with Crippen LogP contribution >= 0.6 is 0 Å². The van der Waals surface area contributed by atoms with E-state index in [0.717, 1.165) is 41.6 Å². The number of benzene rings is 2. The van der Waals surface area contributed by atoms with Gasteiger partial charge in [0, 0.05) is 31.0 Å². The van der Waals surface area contributed by atoms with Crippen LogP contribution in [-0.2, 0) is 22.6 Å². The highest BCUT2D eigenvalue weighted by Gasteiger charge is 2.18. The van der Waals surface area contributed by atoms with Gasteiger partial charge in [-0.25, -0.2) is 0 Å². The Morgan fingerprint density at radius 2 is 1.80 bits per heavy atom. The maximum Gasteiger partial charge on any atom is 0.258 e. The van der Waals surface area contributed by atoms with Crippen LogP contribution in [0, 0.1) is 0 Å². The highest BCUT2D eigenvalue weighted by atomic mass is 16.5. The molecule has 0 atom stereocenters. The first-order valence-electron chi connectivity index (χ1n) is 10.3. The molecule has 0 aliphatic rings. The summed E-state index contributed by atoms with van der Waals surface area (Å²) in [6.45, 7) is 2.37. The van der Waals surface area contributed by atoms with Crippen molar-refractivity contribution in [2.24, 2.45) is 0 Å². The van der Waals surface area contributed by atoms with Crippen LogP contribution in [0.5, 0.6) is 5.75 Å². The number of hydrogen-bond acceptors (Lipinski definition) is 4. The largest absolute Gasteiger partial charge is 0.484 e. The third kappa shape index (κ3) is 5.63. The minimum absolute atomic E-state index is 0.0758. The minimum atomic E-state index is -0.335. The van der Waals surface area contributed by atoms with Crippen molar-refractivity contribution in [3.05, 3.63) is 65.9 Å². The Balaban J connectivity index is 1.55. The molecular weight excluding hydrogens is 380 g/mol. The van der Waals surface area contributed by atoms with Crippen molar-refractivity contribution in [1.82, 2.24) is 10.2 Å². The van der Waals surface area contributed by atoms with Crippen LogP contribution in [0.4, 0.5) is 0 Å². The Bertz CT molecular complexity index is 981. The molecular formula is C24H28N2O4. The number of aryl methyl sites for hydroxylation is 1. The smallest absolute Gasteiger partial charge is 0.258 e. The maximum absolute atomic E-state index is 12.5. The molecule has 158 valence electrons. The molecule has 1 aromatic heterocycles. The van der Waals surface area contributed by atoms with Crippen molar-refractivity contribution in [2.75, 3.05) is 20.2 Å². The zero-order chi connectivity index (χ0) is 21.3. The molecule has 3 aromatic rings. The van der Waals surface area contributed by atoms with Crippen molar-refractivity contribution in [3.63, 3.8) is 0 Å². The molecule has 0 radical (unpaired) electrons. The number of ether oxygens (including phenoxy) is 1. The summed E-state index contributed by atoms with van der Waals surface area (Å²) in [5, 5.41) is 3.65. The number of likely N-dealkylation sites (N-methyl/N-ethyl adjacent to an activating group) is 1. The zero-order valence-electron chi connectivity index (χ0n) is 17.5. The van der Waals surface area contributed by atoms with Crippen LogP contribution in [-0.4, -0.2) is 36.9 Å². The van der Waals surface area contributed by atoms with Crippen molar-refractivity contribution >= 4 is 22.8 Å². The second kappa shape index (κ2) is 10.5. The number of carbonyl (C=O) groups is 2. The minimum Gasteiger partial charge on any atom is -0.484 e. The normalized spacial score (nSPS) is 10.7. The Labute approximate surface area is 176 Å². The van der Waals surface area contributed by atoms with Crippen LogP contribution in [0.15, 0.2) is 59.0 Å². The van der Waals surface area contributed by atoms with Gasteiger partial charge in [-0.2, -0.15) is 0 Å². The molecule has 6 heteroatoms. The first-order chi connectivity index (χ1) is 14.6. The van der Waals surface area contributed by atoms with Crippen LogP contribution in [0.25, 0.3) is 11.0 Å². The number of nitrogens with one attached hydrogen (secondary N) is 1. The fraction of sp³-hybridized carbons (Fsp3) is 0.333. The van der Waals surface area contributed by atoms with E-state index in [1.54, 1.807) is 24.1 Å². The van der Waals surface area contributed by atoms with E-state index in [1.807, 2.05) is 42.5 Å². The lowest BCUT2D eigenvalue weighted by Crippen LogP contribution is -2.39. The molecule has 0 spiro atoms. The first-order valence-corrected chi connectivity index (χ1v) is 10.3. The molecule has 6 nitrogen and oxygen atoms in total. The van der Waals surface area contributed by atoms with E-state index in [-0.39, 0.29) is 25.0 Å². The van der Waals surface area contributed by atoms with E-state index >= 15 is 0 Å². The lowest BCUT2D eigenvalue weighted by Gasteiger charge is -2.18. The molecule has 30 heavy (non-hydrogen) atoms. The van der Waals surface area contributed by atoms with Gasteiger partial charge < -0.3 is 19.4 Å². The quantitative estimate of drug-likeness (QED) is 0.552. The van der Waals surface area contributed by atoms with Gasteiger partial charge in [0.2, 0.25) is 5.91 Å². The molecule has 2 aromatic carbocycles. The fourth-order valence-electron chi connectivity index (χ4n) is 3.21. The monoisotopic (exact) mass is 408 g/mol. The average Bonchev–Trinajstić information content (AvgIpc) is 3.12. The SMILES string of the molecule is CCCCc1oc2ccccc2c1CN(C)C(=O)CNC(=O)COc1ccccc1. The number of rotatable bonds is 10. The Morgan fingerprint density at radius 1 is 1.07 bits per heavy atom. The summed E-state index contributed by atoms with van der Waals surface area (Å²) >= 11 is 0. The molecule has 1 heterocycles. The number of para-hydroxylation sites is 2. The van der Waals surface area contributed by atoms with Crippen LogP contribution < -0.4 is 10.1 Å². The van der Waals surface area contributed by atoms with Crippen molar-refractivity contribution in [1.29, 1.82) is 0 Å². The van der Waals surface area contributed by atoms with E-state index in [9.17, 15) is 9.59 Å². The summed E-state index contributed by atoms with van der Waals surface area (Å²) in [5.41, 5.74) is 1.87. The van der Waals surface area contributed by atoms with Gasteiger partial charge in [0.15, 0.2) is 6.61 Å². The van der Waals surface area contributed by atoms with E-state index < -0.39 is 0 Å². The highest BCUT2D eigenvalue weighted by Crippen LogP contribution is 2.28. The summed E-state index contributed by atoms with van der Waals surface area (Å²) in [4.78, 5) is 26.2. The van der Waals surface area contributed by atoms with E-state index in [4.69, 9.17) is 9.15 Å². The second-order valence-electron chi connectivity index (χ2n) is 7.23. The van der Waals surface area contributed by atoms with Crippen LogP contribution in [0.3, 0.4) is 0 Å². The first kappa shape index (κ1) is 21.4. The average molecular weight is 408 g/mol. The third-order valence-electron chi connectivity index (χ3n) is 4.91. The number of fused-ring (bicyclic) bond motifs is 1. The van der Waals surface area contributed by atoms with E-state index in [2.05, 4.69) is 12.2 Å². The zero-order valence-corrected chi connectivity index (χ0v) is 17.5. The molecule has 0 aliphatic carbocycles. The maximum atomic E-state index is 12.5. The van der Waals surface area contributed by atoms with Crippen LogP contribution in [0.2, 0.25) is 0 Å². The molecule has 1 N–H and O–H groups in total. The number of carbonyl (C=O) groups excluding carboxylic acids is 2. The van der Waals surface area contributed by atoms with Gasteiger partial charge in [0.1, 0.15) is 17.1 Å². The van der Waals surface area contributed by atoms with Gasteiger partial charge in [-0.15, -0.1) is 0 Å². The predicted octanol–water partition coefficient (Wildman–Crippen LogP) is 3.93. The molecule has 0 aliphatic heterocycles. The molecule has 2 amide bonds.